The zero-order valence-electron chi connectivity index (χ0n) is 23.3. The summed E-state index contributed by atoms with van der Waals surface area (Å²) in [6, 6.07) is 2.41. The number of carbonyl (C=O) groups excluding carboxylic acids is 1. The molecular weight excluding hydrogens is 542 g/mol. The van der Waals surface area contributed by atoms with Crippen molar-refractivity contribution < 1.29 is 22.0 Å². The predicted octanol–water partition coefficient (Wildman–Crippen LogP) is 2.68. The van der Waals surface area contributed by atoms with Gasteiger partial charge in [-0.1, -0.05) is 13.8 Å². The van der Waals surface area contributed by atoms with Crippen LogP contribution in [0, 0.1) is 11.3 Å². The van der Waals surface area contributed by atoms with Crippen molar-refractivity contribution in [3.8, 4) is 6.07 Å². The number of rotatable bonds is 4. The van der Waals surface area contributed by atoms with Crippen LogP contribution in [0.3, 0.4) is 0 Å². The summed E-state index contributed by atoms with van der Waals surface area (Å²) >= 11 is 0. The fourth-order valence-corrected chi connectivity index (χ4v) is 7.42. The minimum atomic E-state index is -3.46. The average molecular weight is 575 g/mol. The van der Waals surface area contributed by atoms with Crippen LogP contribution >= 0.6 is 0 Å². The highest BCUT2D eigenvalue weighted by atomic mass is 32.2. The van der Waals surface area contributed by atoms with Gasteiger partial charge in [-0.2, -0.15) is 5.26 Å². The van der Waals surface area contributed by atoms with E-state index in [0.29, 0.717) is 44.6 Å². The Morgan fingerprint density at radius 2 is 1.80 bits per heavy atom. The van der Waals surface area contributed by atoms with Crippen LogP contribution in [-0.2, 0) is 26.0 Å². The van der Waals surface area contributed by atoms with Crippen LogP contribution < -0.4 is 9.80 Å². The van der Waals surface area contributed by atoms with E-state index >= 15 is 0 Å². The molecule has 14 heteroatoms. The second-order valence-electron chi connectivity index (χ2n) is 11.9. The summed E-state index contributed by atoms with van der Waals surface area (Å²) in [4.78, 5) is 27.9. The number of nitriles is 1. The molecule has 0 aliphatic carbocycles. The van der Waals surface area contributed by atoms with E-state index in [2.05, 4.69) is 25.1 Å². The van der Waals surface area contributed by atoms with Crippen LogP contribution in [0.1, 0.15) is 64.8 Å². The highest BCUT2D eigenvalue weighted by Gasteiger charge is 2.57. The monoisotopic (exact) mass is 574 g/mol. The number of anilines is 3. The number of carbonyl (C=O) groups is 1. The number of fused-ring (bicyclic) bond motifs is 1. The van der Waals surface area contributed by atoms with E-state index in [4.69, 9.17) is 0 Å². The molecule has 0 radical (unpaired) electrons. The highest BCUT2D eigenvalue weighted by Crippen LogP contribution is 2.47. The lowest BCUT2D eigenvalue weighted by Gasteiger charge is -2.49. The molecule has 1 amide bonds. The molecular formula is C26H32F2N8O3S. The summed E-state index contributed by atoms with van der Waals surface area (Å²) in [5.41, 5.74) is -0.652. The third-order valence-corrected chi connectivity index (χ3v) is 10.9. The van der Waals surface area contributed by atoms with Gasteiger partial charge in [0.2, 0.25) is 5.91 Å². The van der Waals surface area contributed by atoms with Gasteiger partial charge in [-0.15, -0.1) is 10.2 Å². The summed E-state index contributed by atoms with van der Waals surface area (Å²) in [6.45, 7) is 11.2. The van der Waals surface area contributed by atoms with Crippen LogP contribution in [0.4, 0.5) is 26.2 Å². The van der Waals surface area contributed by atoms with Crippen molar-refractivity contribution in [2.75, 3.05) is 35.2 Å². The number of alkyl halides is 2. The maximum absolute atomic E-state index is 14.3. The molecule has 0 N–H and O–H groups in total. The first-order chi connectivity index (χ1) is 18.5. The standard InChI is InChI=1S/C26H32F2N8O3S/c1-15-12-35(23(37)25(5)7-8-40(25,38)39)16(2)11-34(15)21-20-22(31-14-30-21)36(13-24(20,3)4)19-9-17(26(6,27)28)18(10-29)32-33-19/h9,14-16H,7-8,11-13H2,1-6H3/t15-,16+,25-/m0/s1. The van der Waals surface area contributed by atoms with Crippen molar-refractivity contribution in [1.82, 2.24) is 25.1 Å². The molecule has 0 spiro atoms. The van der Waals surface area contributed by atoms with Gasteiger partial charge in [0, 0.05) is 49.6 Å². The van der Waals surface area contributed by atoms with Gasteiger partial charge in [-0.25, -0.2) is 27.2 Å². The molecule has 0 unspecified atom stereocenters. The Labute approximate surface area is 232 Å². The molecule has 5 heterocycles. The SMILES string of the molecule is C[C@@H]1CN(c2ncnc3c2C(C)(C)CN3c2cc(C(C)(F)F)c(C#N)nn2)[C@@H](C)CN1C(=O)[C@]1(C)CCS1(=O)=O. The molecule has 5 rings (SSSR count). The fourth-order valence-electron chi connectivity index (χ4n) is 5.89. The van der Waals surface area contributed by atoms with Gasteiger partial charge in [-0.05, 0) is 33.3 Å². The van der Waals surface area contributed by atoms with Crippen molar-refractivity contribution >= 4 is 33.2 Å². The van der Waals surface area contributed by atoms with E-state index in [0.717, 1.165) is 5.56 Å². The molecule has 2 fully saturated rings. The molecule has 3 aliphatic rings. The van der Waals surface area contributed by atoms with Crippen LogP contribution in [0.15, 0.2) is 12.4 Å². The molecule has 214 valence electrons. The van der Waals surface area contributed by atoms with Crippen molar-refractivity contribution in [3.63, 3.8) is 0 Å². The number of aromatic nitrogens is 4. The Hall–Kier alpha value is -3.47. The predicted molar refractivity (Wildman–Crippen MR) is 143 cm³/mol. The molecule has 2 aromatic heterocycles. The summed E-state index contributed by atoms with van der Waals surface area (Å²) < 4.78 is 52.1. The lowest BCUT2D eigenvalue weighted by atomic mass is 9.87. The summed E-state index contributed by atoms with van der Waals surface area (Å²) in [5.74, 6) is -2.30. The second-order valence-corrected chi connectivity index (χ2v) is 14.5. The molecule has 11 nitrogen and oxygen atoms in total. The largest absolute Gasteiger partial charge is 0.350 e. The van der Waals surface area contributed by atoms with Gasteiger partial charge >= 0.3 is 0 Å². The third-order valence-electron chi connectivity index (χ3n) is 8.44. The Morgan fingerprint density at radius 3 is 2.38 bits per heavy atom. The molecule has 3 aliphatic heterocycles. The fraction of sp³-hybridized carbons (Fsp3) is 0.615. The summed E-state index contributed by atoms with van der Waals surface area (Å²) in [7, 11) is -3.46. The first-order valence-electron chi connectivity index (χ1n) is 13.1. The maximum Gasteiger partial charge on any atom is 0.273 e. The zero-order valence-corrected chi connectivity index (χ0v) is 24.1. The molecule has 0 bridgehead atoms. The number of amides is 1. The normalized spacial score (nSPS) is 27.1. The van der Waals surface area contributed by atoms with Gasteiger partial charge < -0.3 is 14.7 Å². The first kappa shape index (κ1) is 28.1. The summed E-state index contributed by atoms with van der Waals surface area (Å²) in [5, 5.41) is 17.1. The van der Waals surface area contributed by atoms with Gasteiger partial charge in [-0.3, -0.25) is 4.79 Å². The van der Waals surface area contributed by atoms with Gasteiger partial charge in [0.25, 0.3) is 5.92 Å². The Balaban J connectivity index is 1.49. The third kappa shape index (κ3) is 4.17. The van der Waals surface area contributed by atoms with Crippen molar-refractivity contribution in [2.24, 2.45) is 0 Å². The topological polar surface area (TPSA) is 136 Å². The molecule has 0 saturated carbocycles. The van der Waals surface area contributed by atoms with Crippen molar-refractivity contribution in [2.45, 2.75) is 76.1 Å². The molecule has 2 aromatic rings. The number of hydrogen-bond donors (Lipinski definition) is 0. The van der Waals surface area contributed by atoms with E-state index in [1.807, 2.05) is 27.7 Å². The minimum Gasteiger partial charge on any atom is -0.350 e. The average Bonchev–Trinajstić information content (AvgIpc) is 3.18. The van der Waals surface area contributed by atoms with E-state index in [1.165, 1.54) is 19.3 Å². The first-order valence-corrected chi connectivity index (χ1v) is 14.8. The number of sulfone groups is 1. The Kier molecular flexibility index (Phi) is 6.33. The zero-order chi connectivity index (χ0) is 29.4. The highest BCUT2D eigenvalue weighted by molar-refractivity contribution is 7.95. The second kappa shape index (κ2) is 9.02. The number of piperazine rings is 1. The lowest BCUT2D eigenvalue weighted by Crippen LogP contribution is -2.66. The molecule has 2 saturated heterocycles. The number of hydrogen-bond acceptors (Lipinski definition) is 10. The van der Waals surface area contributed by atoms with E-state index < -0.39 is 37.2 Å². The van der Waals surface area contributed by atoms with Gasteiger partial charge in [0.05, 0.1) is 11.3 Å². The van der Waals surface area contributed by atoms with E-state index in [-0.39, 0.29) is 29.6 Å². The molecule has 40 heavy (non-hydrogen) atoms. The van der Waals surface area contributed by atoms with Crippen molar-refractivity contribution in [3.05, 3.63) is 29.2 Å². The van der Waals surface area contributed by atoms with E-state index in [1.54, 1.807) is 15.9 Å². The van der Waals surface area contributed by atoms with Gasteiger partial charge in [0.15, 0.2) is 21.3 Å². The van der Waals surface area contributed by atoms with Crippen molar-refractivity contribution in [1.29, 1.82) is 5.26 Å². The van der Waals surface area contributed by atoms with Crippen LogP contribution in [-0.4, -0.2) is 81.6 Å². The lowest BCUT2D eigenvalue weighted by molar-refractivity contribution is -0.137. The summed E-state index contributed by atoms with van der Waals surface area (Å²) in [6.07, 6.45) is 1.73. The molecule has 3 atom stereocenters. The smallest absolute Gasteiger partial charge is 0.273 e. The van der Waals surface area contributed by atoms with Crippen LogP contribution in [0.2, 0.25) is 0 Å². The number of nitrogens with zero attached hydrogens (tertiary/aromatic N) is 8. The van der Waals surface area contributed by atoms with Gasteiger partial charge in [0.1, 0.15) is 28.8 Å². The molecule has 0 aromatic carbocycles. The Morgan fingerprint density at radius 1 is 1.12 bits per heavy atom. The number of halogens is 2. The van der Waals surface area contributed by atoms with Crippen LogP contribution in [0.25, 0.3) is 0 Å². The van der Waals surface area contributed by atoms with E-state index in [9.17, 15) is 27.3 Å². The minimum absolute atomic E-state index is 0.0266. The maximum atomic E-state index is 14.3. The van der Waals surface area contributed by atoms with Crippen LogP contribution in [0.5, 0.6) is 0 Å². The quantitative estimate of drug-likeness (QED) is 0.536. The Bertz CT molecular complexity index is 1540.